The molecular formula is C13H16. The summed E-state index contributed by atoms with van der Waals surface area (Å²) < 4.78 is 0. The summed E-state index contributed by atoms with van der Waals surface area (Å²) >= 11 is 0. The second kappa shape index (κ2) is 2.87. The van der Waals surface area contributed by atoms with Gasteiger partial charge >= 0.3 is 0 Å². The van der Waals surface area contributed by atoms with Crippen LogP contribution in [-0.2, 0) is 0 Å². The lowest BCUT2D eigenvalue weighted by Crippen LogP contribution is -2.21. The number of allylic oxidation sites excluding steroid dienone is 6. The lowest BCUT2D eigenvalue weighted by molar-refractivity contribution is 0.316. The minimum absolute atomic E-state index is 0.882. The summed E-state index contributed by atoms with van der Waals surface area (Å²) in [6.45, 7) is 0. The highest BCUT2D eigenvalue weighted by molar-refractivity contribution is 5.46. The van der Waals surface area contributed by atoms with E-state index in [-0.39, 0.29) is 0 Å². The van der Waals surface area contributed by atoms with Crippen molar-refractivity contribution in [2.75, 3.05) is 0 Å². The van der Waals surface area contributed by atoms with Gasteiger partial charge in [0.25, 0.3) is 0 Å². The average Bonchev–Trinajstić information content (AvgIpc) is 2.65. The van der Waals surface area contributed by atoms with Crippen LogP contribution in [0.2, 0.25) is 0 Å². The van der Waals surface area contributed by atoms with Crippen LogP contribution in [0.3, 0.4) is 0 Å². The fourth-order valence-corrected chi connectivity index (χ4v) is 3.12. The first-order chi connectivity index (χ1) is 6.45. The van der Waals surface area contributed by atoms with Crippen LogP contribution >= 0.6 is 0 Å². The molecule has 3 aliphatic rings. The second-order valence-corrected chi connectivity index (χ2v) is 4.50. The zero-order valence-electron chi connectivity index (χ0n) is 8.00. The van der Waals surface area contributed by atoms with E-state index in [4.69, 9.17) is 0 Å². The molecule has 0 radical (unpaired) electrons. The van der Waals surface area contributed by atoms with Gasteiger partial charge in [0.15, 0.2) is 0 Å². The summed E-state index contributed by atoms with van der Waals surface area (Å²) in [4.78, 5) is 0. The standard InChI is InChI=1S/C13H16/c1-2-6-12-10(4-1)8-9-11-5-3-7-13(11)12/h3,5,8-10,12H,1-2,4,6-7H2. The molecule has 0 aromatic heterocycles. The first-order valence-corrected chi connectivity index (χ1v) is 5.53. The third kappa shape index (κ3) is 1.12. The van der Waals surface area contributed by atoms with E-state index in [0.29, 0.717) is 0 Å². The molecule has 1 fully saturated rings. The first kappa shape index (κ1) is 7.61. The zero-order valence-corrected chi connectivity index (χ0v) is 8.00. The van der Waals surface area contributed by atoms with Gasteiger partial charge in [-0.05, 0) is 36.7 Å². The van der Waals surface area contributed by atoms with Crippen LogP contribution in [0, 0.1) is 11.8 Å². The maximum Gasteiger partial charge on any atom is -0.0123 e. The summed E-state index contributed by atoms with van der Waals surface area (Å²) in [6, 6.07) is 0. The Morgan fingerprint density at radius 1 is 1.08 bits per heavy atom. The van der Waals surface area contributed by atoms with Gasteiger partial charge < -0.3 is 0 Å². The van der Waals surface area contributed by atoms with Gasteiger partial charge in [-0.1, -0.05) is 42.7 Å². The molecule has 0 heteroatoms. The van der Waals surface area contributed by atoms with Gasteiger partial charge in [0.1, 0.15) is 0 Å². The molecule has 0 heterocycles. The molecule has 0 saturated heterocycles. The fourth-order valence-electron chi connectivity index (χ4n) is 3.12. The topological polar surface area (TPSA) is 0 Å². The van der Waals surface area contributed by atoms with Gasteiger partial charge in [-0.2, -0.15) is 0 Å². The molecule has 0 nitrogen and oxygen atoms in total. The molecule has 0 aliphatic heterocycles. The van der Waals surface area contributed by atoms with Crippen molar-refractivity contribution < 1.29 is 0 Å². The Balaban J connectivity index is 1.94. The fraction of sp³-hybridized carbons (Fsp3) is 0.538. The van der Waals surface area contributed by atoms with E-state index in [1.807, 2.05) is 0 Å². The molecule has 1 saturated carbocycles. The van der Waals surface area contributed by atoms with Crippen LogP contribution in [0.5, 0.6) is 0 Å². The molecule has 0 N–H and O–H groups in total. The Morgan fingerprint density at radius 3 is 3.00 bits per heavy atom. The van der Waals surface area contributed by atoms with Crippen molar-refractivity contribution in [1.82, 2.24) is 0 Å². The van der Waals surface area contributed by atoms with Gasteiger partial charge in [-0.3, -0.25) is 0 Å². The molecule has 2 atom stereocenters. The number of fused-ring (bicyclic) bond motifs is 2. The van der Waals surface area contributed by atoms with Crippen LogP contribution in [0.4, 0.5) is 0 Å². The highest BCUT2D eigenvalue weighted by Crippen LogP contribution is 2.43. The predicted octanol–water partition coefficient (Wildman–Crippen LogP) is 3.62. The largest absolute Gasteiger partial charge is 0.0802 e. The molecule has 3 aliphatic carbocycles. The van der Waals surface area contributed by atoms with Gasteiger partial charge in [0, 0.05) is 0 Å². The second-order valence-electron chi connectivity index (χ2n) is 4.50. The molecule has 13 heavy (non-hydrogen) atoms. The van der Waals surface area contributed by atoms with Crippen LogP contribution in [-0.4, -0.2) is 0 Å². The van der Waals surface area contributed by atoms with Gasteiger partial charge in [0.05, 0.1) is 0 Å². The van der Waals surface area contributed by atoms with Crippen molar-refractivity contribution >= 4 is 0 Å². The maximum absolute atomic E-state index is 2.46. The quantitative estimate of drug-likeness (QED) is 0.523. The van der Waals surface area contributed by atoms with Crippen molar-refractivity contribution in [3.05, 3.63) is 35.5 Å². The van der Waals surface area contributed by atoms with Crippen molar-refractivity contribution in [1.29, 1.82) is 0 Å². The van der Waals surface area contributed by atoms with Crippen molar-refractivity contribution in [2.45, 2.75) is 32.1 Å². The predicted molar refractivity (Wildman–Crippen MR) is 55.4 cm³/mol. The SMILES string of the molecule is C1=CC2=C(C1)C1CCCCC1C=C2. The highest BCUT2D eigenvalue weighted by atomic mass is 14.3. The first-order valence-electron chi connectivity index (χ1n) is 5.53. The molecule has 0 aromatic rings. The van der Waals surface area contributed by atoms with Crippen LogP contribution in [0.1, 0.15) is 32.1 Å². The molecule has 0 amide bonds. The Morgan fingerprint density at radius 2 is 2.00 bits per heavy atom. The molecule has 3 rings (SSSR count). The van der Waals surface area contributed by atoms with E-state index < -0.39 is 0 Å². The van der Waals surface area contributed by atoms with E-state index in [0.717, 1.165) is 11.8 Å². The van der Waals surface area contributed by atoms with E-state index >= 15 is 0 Å². The molecule has 68 valence electrons. The summed E-state index contributed by atoms with van der Waals surface area (Å²) in [5.41, 5.74) is 3.27. The number of hydrogen-bond donors (Lipinski definition) is 0. The van der Waals surface area contributed by atoms with Crippen LogP contribution < -0.4 is 0 Å². The average molecular weight is 172 g/mol. The zero-order chi connectivity index (χ0) is 8.67. The Kier molecular flexibility index (Phi) is 1.68. The highest BCUT2D eigenvalue weighted by Gasteiger charge is 2.30. The third-order valence-corrected chi connectivity index (χ3v) is 3.80. The smallest absolute Gasteiger partial charge is 0.0123 e. The molecule has 0 bridgehead atoms. The van der Waals surface area contributed by atoms with E-state index in [1.165, 1.54) is 37.7 Å². The Labute approximate surface area is 80.0 Å². The van der Waals surface area contributed by atoms with Gasteiger partial charge in [-0.15, -0.1) is 0 Å². The summed E-state index contributed by atoms with van der Waals surface area (Å²) in [6.07, 6.45) is 16.4. The van der Waals surface area contributed by atoms with Crippen molar-refractivity contribution in [2.24, 2.45) is 11.8 Å². The lowest BCUT2D eigenvalue weighted by atomic mass is 9.71. The maximum atomic E-state index is 2.46. The van der Waals surface area contributed by atoms with Crippen molar-refractivity contribution in [3.63, 3.8) is 0 Å². The minimum atomic E-state index is 0.882. The number of hydrogen-bond acceptors (Lipinski definition) is 0. The van der Waals surface area contributed by atoms with E-state index in [2.05, 4.69) is 24.3 Å². The van der Waals surface area contributed by atoms with Crippen LogP contribution in [0.25, 0.3) is 0 Å². The molecule has 0 spiro atoms. The summed E-state index contributed by atoms with van der Waals surface area (Å²) in [7, 11) is 0. The Hall–Kier alpha value is -0.780. The van der Waals surface area contributed by atoms with E-state index in [1.54, 1.807) is 5.57 Å². The van der Waals surface area contributed by atoms with E-state index in [9.17, 15) is 0 Å². The summed E-state index contributed by atoms with van der Waals surface area (Å²) in [5, 5.41) is 0. The summed E-state index contributed by atoms with van der Waals surface area (Å²) in [5.74, 6) is 1.79. The third-order valence-electron chi connectivity index (χ3n) is 3.80. The normalized spacial score (nSPS) is 36.3. The molecule has 0 aromatic carbocycles. The van der Waals surface area contributed by atoms with Gasteiger partial charge in [0.2, 0.25) is 0 Å². The minimum Gasteiger partial charge on any atom is -0.0802 e. The lowest BCUT2D eigenvalue weighted by Gasteiger charge is -2.33. The molecule has 2 unspecified atom stereocenters. The van der Waals surface area contributed by atoms with Crippen molar-refractivity contribution in [3.8, 4) is 0 Å². The van der Waals surface area contributed by atoms with Crippen LogP contribution in [0.15, 0.2) is 35.5 Å². The number of rotatable bonds is 0. The Bertz CT molecular complexity index is 304. The molecular weight excluding hydrogens is 156 g/mol. The van der Waals surface area contributed by atoms with Gasteiger partial charge in [-0.25, -0.2) is 0 Å². The monoisotopic (exact) mass is 172 g/mol.